The predicted molar refractivity (Wildman–Crippen MR) is 104 cm³/mol. The molecule has 1 N–H and O–H groups in total. The van der Waals surface area contributed by atoms with Crippen LogP contribution in [0.3, 0.4) is 0 Å². The number of hydrogen-bond acceptors (Lipinski definition) is 4. The molecule has 0 saturated heterocycles. The van der Waals surface area contributed by atoms with Crippen molar-refractivity contribution in [3.8, 4) is 0 Å². The second kappa shape index (κ2) is 6.16. The third kappa shape index (κ3) is 2.83. The third-order valence-electron chi connectivity index (χ3n) is 4.47. The second-order valence-electron chi connectivity index (χ2n) is 6.32. The first-order chi connectivity index (χ1) is 12.5. The van der Waals surface area contributed by atoms with Gasteiger partial charge in [0.15, 0.2) is 0 Å². The lowest BCUT2D eigenvalue weighted by molar-refractivity contribution is 0.601. The molecule has 1 aliphatic carbocycles. The number of hydrogen-bond donors (Lipinski definition) is 1. The van der Waals surface area contributed by atoms with Crippen molar-refractivity contribution in [2.45, 2.75) is 17.9 Å². The molecule has 6 heteroatoms. The Labute approximate surface area is 152 Å². The van der Waals surface area contributed by atoms with Gasteiger partial charge in [0.25, 0.3) is 10.0 Å². The summed E-state index contributed by atoms with van der Waals surface area (Å²) in [5.74, 6) is 0. The lowest BCUT2D eigenvalue weighted by Gasteiger charge is -2.44. The van der Waals surface area contributed by atoms with Crippen molar-refractivity contribution >= 4 is 27.5 Å². The van der Waals surface area contributed by atoms with Gasteiger partial charge in [-0.1, -0.05) is 54.1 Å². The highest BCUT2D eigenvalue weighted by atomic mass is 32.2. The van der Waals surface area contributed by atoms with Gasteiger partial charge >= 0.3 is 0 Å². The number of aryl methyl sites for hydroxylation is 1. The maximum Gasteiger partial charge on any atom is 0.261 e. The highest BCUT2D eigenvalue weighted by Crippen LogP contribution is 2.40. The number of nitrogens with zero attached hydrogens (tertiary/aromatic N) is 1. The maximum atomic E-state index is 12.9. The molecule has 0 saturated carbocycles. The standard InChI is InChI=1S/C20H17N2O3S/c1-14-9-11-17(12-10-14)26(24,25)21-18-7-4-6-16-13-15-5-2-3-8-19(15)22(23)20(16)18/h2-13,19,21H,1H3/q-1. The molecule has 2 aromatic carbocycles. The summed E-state index contributed by atoms with van der Waals surface area (Å²) >= 11 is 0. The number of anilines is 2. The van der Waals surface area contributed by atoms with E-state index in [4.69, 9.17) is 0 Å². The predicted octanol–water partition coefficient (Wildman–Crippen LogP) is 3.99. The first kappa shape index (κ1) is 16.6. The molecular weight excluding hydrogens is 348 g/mol. The van der Waals surface area contributed by atoms with E-state index < -0.39 is 16.1 Å². The normalized spacial score (nSPS) is 18.2. The Balaban J connectivity index is 1.76. The molecule has 4 rings (SSSR count). The number of fused-ring (bicyclic) bond motifs is 2. The van der Waals surface area contributed by atoms with Gasteiger partial charge in [0.1, 0.15) is 0 Å². The summed E-state index contributed by atoms with van der Waals surface area (Å²) < 4.78 is 28.0. The van der Waals surface area contributed by atoms with Crippen LogP contribution in [0.1, 0.15) is 11.1 Å². The van der Waals surface area contributed by atoms with Crippen LogP contribution in [0.15, 0.2) is 77.2 Å². The molecule has 0 radical (unpaired) electrons. The number of sulfonamides is 1. The molecule has 1 heterocycles. The van der Waals surface area contributed by atoms with Crippen LogP contribution in [0.2, 0.25) is 0 Å². The van der Waals surface area contributed by atoms with Crippen molar-refractivity contribution in [1.29, 1.82) is 0 Å². The summed E-state index contributed by atoms with van der Waals surface area (Å²) in [6, 6.07) is 11.3. The van der Waals surface area contributed by atoms with E-state index in [2.05, 4.69) is 4.72 Å². The highest BCUT2D eigenvalue weighted by molar-refractivity contribution is 7.92. The SMILES string of the molecule is Cc1ccc(S(=O)(=O)Nc2cccc3c2N([O-])C2C=CC=CC2=C3)cc1. The summed E-state index contributed by atoms with van der Waals surface area (Å²) in [6.45, 7) is 1.89. The van der Waals surface area contributed by atoms with Crippen LogP contribution in [-0.2, 0) is 10.0 Å². The Kier molecular flexibility index (Phi) is 3.94. The van der Waals surface area contributed by atoms with E-state index in [0.717, 1.165) is 16.2 Å². The number of hydroxylamine groups is 1. The van der Waals surface area contributed by atoms with Crippen LogP contribution in [0, 0.1) is 12.1 Å². The molecule has 1 unspecified atom stereocenters. The smallest absolute Gasteiger partial charge is 0.261 e. The number of nitrogens with one attached hydrogen (secondary N) is 1. The highest BCUT2D eigenvalue weighted by Gasteiger charge is 2.25. The first-order valence-corrected chi connectivity index (χ1v) is 9.69. The van der Waals surface area contributed by atoms with Crippen molar-refractivity contribution in [3.63, 3.8) is 0 Å². The van der Waals surface area contributed by atoms with Crippen LogP contribution >= 0.6 is 0 Å². The molecule has 0 fully saturated rings. The van der Waals surface area contributed by atoms with E-state index in [1.54, 1.807) is 48.5 Å². The summed E-state index contributed by atoms with van der Waals surface area (Å²) in [5.41, 5.74) is 3.15. The monoisotopic (exact) mass is 365 g/mol. The minimum atomic E-state index is -3.78. The molecule has 1 atom stereocenters. The van der Waals surface area contributed by atoms with Crippen molar-refractivity contribution in [1.82, 2.24) is 0 Å². The van der Waals surface area contributed by atoms with Gasteiger partial charge in [-0.25, -0.2) is 8.42 Å². The van der Waals surface area contributed by atoms with Gasteiger partial charge in [-0.05, 0) is 42.3 Å². The summed E-state index contributed by atoms with van der Waals surface area (Å²) in [5, 5.41) is 13.8. The topological polar surface area (TPSA) is 72.5 Å². The van der Waals surface area contributed by atoms with Gasteiger partial charge in [0.2, 0.25) is 0 Å². The van der Waals surface area contributed by atoms with E-state index in [9.17, 15) is 13.6 Å². The minimum absolute atomic E-state index is 0.158. The quantitative estimate of drug-likeness (QED) is 0.893. The fraction of sp³-hybridized carbons (Fsp3) is 0.100. The first-order valence-electron chi connectivity index (χ1n) is 8.21. The lowest BCUT2D eigenvalue weighted by atomic mass is 9.93. The number of benzene rings is 2. The average molecular weight is 365 g/mol. The third-order valence-corrected chi connectivity index (χ3v) is 5.85. The largest absolute Gasteiger partial charge is 0.758 e. The molecule has 1 aliphatic heterocycles. The van der Waals surface area contributed by atoms with Crippen LogP contribution in [0.5, 0.6) is 0 Å². The zero-order valence-corrected chi connectivity index (χ0v) is 14.9. The van der Waals surface area contributed by atoms with Gasteiger partial charge < -0.3 is 10.3 Å². The molecule has 2 aliphatic rings. The molecule has 0 bridgehead atoms. The van der Waals surface area contributed by atoms with E-state index in [1.807, 2.05) is 31.2 Å². The van der Waals surface area contributed by atoms with Crippen molar-refractivity contribution in [3.05, 3.63) is 88.7 Å². The minimum Gasteiger partial charge on any atom is -0.758 e. The Morgan fingerprint density at radius 2 is 1.85 bits per heavy atom. The van der Waals surface area contributed by atoms with Crippen molar-refractivity contribution in [2.24, 2.45) is 0 Å². The molecular formula is C20H17N2O3S-. The fourth-order valence-corrected chi connectivity index (χ4v) is 4.21. The zero-order chi connectivity index (χ0) is 18.3. The number of para-hydroxylation sites is 1. The Morgan fingerprint density at radius 1 is 1.08 bits per heavy atom. The molecule has 5 nitrogen and oxygen atoms in total. The Bertz CT molecular complexity index is 1050. The Hall–Kier alpha value is -2.83. The molecule has 0 amide bonds. The molecule has 132 valence electrons. The lowest BCUT2D eigenvalue weighted by Crippen LogP contribution is -2.34. The van der Waals surface area contributed by atoms with Gasteiger partial charge in [-0.15, -0.1) is 0 Å². The van der Waals surface area contributed by atoms with Gasteiger partial charge in [-0.3, -0.25) is 4.72 Å². The van der Waals surface area contributed by atoms with Crippen LogP contribution in [0.4, 0.5) is 11.4 Å². The van der Waals surface area contributed by atoms with Crippen LogP contribution < -0.4 is 9.79 Å². The number of allylic oxidation sites excluding steroid dienone is 2. The Morgan fingerprint density at radius 3 is 2.62 bits per heavy atom. The number of rotatable bonds is 3. The summed E-state index contributed by atoms with van der Waals surface area (Å²) in [4.78, 5) is 0.158. The van der Waals surface area contributed by atoms with E-state index in [1.165, 1.54) is 0 Å². The van der Waals surface area contributed by atoms with Crippen molar-refractivity contribution in [2.75, 3.05) is 9.79 Å². The maximum absolute atomic E-state index is 12.9. The van der Waals surface area contributed by atoms with E-state index >= 15 is 0 Å². The van der Waals surface area contributed by atoms with Crippen LogP contribution in [-0.4, -0.2) is 14.5 Å². The van der Waals surface area contributed by atoms with E-state index in [0.29, 0.717) is 11.3 Å². The summed E-state index contributed by atoms with van der Waals surface area (Å²) in [6.07, 6.45) is 9.30. The van der Waals surface area contributed by atoms with Gasteiger partial charge in [0.05, 0.1) is 22.3 Å². The molecule has 26 heavy (non-hydrogen) atoms. The zero-order valence-electron chi connectivity index (χ0n) is 14.1. The van der Waals surface area contributed by atoms with Gasteiger partial charge in [0, 0.05) is 0 Å². The molecule has 2 aromatic rings. The summed E-state index contributed by atoms with van der Waals surface area (Å²) in [7, 11) is -3.78. The van der Waals surface area contributed by atoms with Crippen molar-refractivity contribution < 1.29 is 8.42 Å². The molecule has 0 aromatic heterocycles. The van der Waals surface area contributed by atoms with Gasteiger partial charge in [-0.2, -0.15) is 0 Å². The molecule has 0 spiro atoms. The fourth-order valence-electron chi connectivity index (χ4n) is 3.14. The average Bonchev–Trinajstić information content (AvgIpc) is 2.62. The van der Waals surface area contributed by atoms with Crippen LogP contribution in [0.25, 0.3) is 6.08 Å². The second-order valence-corrected chi connectivity index (χ2v) is 8.00. The van der Waals surface area contributed by atoms with E-state index in [-0.39, 0.29) is 10.6 Å².